The number of aromatic nitrogens is 3. The lowest BCUT2D eigenvalue weighted by molar-refractivity contribution is 0.0939. The molecule has 0 bridgehead atoms. The van der Waals surface area contributed by atoms with E-state index in [9.17, 15) is 9.59 Å². The monoisotopic (exact) mass is 286 g/mol. The van der Waals surface area contributed by atoms with Crippen LogP contribution in [0.3, 0.4) is 0 Å². The normalized spacial score (nSPS) is 15.8. The van der Waals surface area contributed by atoms with E-state index in [-0.39, 0.29) is 17.7 Å². The minimum atomic E-state index is -0.172. The van der Waals surface area contributed by atoms with E-state index in [0.717, 1.165) is 25.0 Å². The van der Waals surface area contributed by atoms with Gasteiger partial charge in [-0.25, -0.2) is 9.50 Å². The lowest BCUT2D eigenvalue weighted by Gasteiger charge is -2.15. The standard InChI is InChI=1S/C15H18N4O2/c1-3-9(2)18-15(21)11-8-17-19-12-5-4-6-13(20)10(12)7-16-14(11)19/h7-9H,3-6H2,1-2H3,(H,18,21)/t9-/m0/s1. The molecule has 6 heteroatoms. The Morgan fingerprint density at radius 3 is 3.00 bits per heavy atom. The Kier molecular flexibility index (Phi) is 3.45. The quantitative estimate of drug-likeness (QED) is 0.933. The third-order valence-corrected chi connectivity index (χ3v) is 3.98. The van der Waals surface area contributed by atoms with Crippen molar-refractivity contribution in [2.45, 2.75) is 45.6 Å². The number of nitrogens with zero attached hydrogens (tertiary/aromatic N) is 3. The zero-order chi connectivity index (χ0) is 15.0. The molecule has 0 aromatic carbocycles. The van der Waals surface area contributed by atoms with Crippen LogP contribution < -0.4 is 5.32 Å². The largest absolute Gasteiger partial charge is 0.349 e. The molecule has 21 heavy (non-hydrogen) atoms. The summed E-state index contributed by atoms with van der Waals surface area (Å²) < 4.78 is 1.64. The van der Waals surface area contributed by atoms with Crippen molar-refractivity contribution in [2.24, 2.45) is 0 Å². The Hall–Kier alpha value is -2.24. The first kappa shape index (κ1) is 13.7. The van der Waals surface area contributed by atoms with Crippen LogP contribution in [0.25, 0.3) is 5.65 Å². The second-order valence-electron chi connectivity index (χ2n) is 5.47. The predicted octanol–water partition coefficient (Wildman–Crippen LogP) is 1.78. The number of nitrogens with one attached hydrogen (secondary N) is 1. The number of fused-ring (bicyclic) bond motifs is 3. The molecule has 0 fully saturated rings. The predicted molar refractivity (Wildman–Crippen MR) is 77.5 cm³/mol. The maximum Gasteiger partial charge on any atom is 0.256 e. The number of aryl methyl sites for hydroxylation is 1. The molecule has 3 rings (SSSR count). The third-order valence-electron chi connectivity index (χ3n) is 3.98. The molecule has 0 spiro atoms. The van der Waals surface area contributed by atoms with Crippen LogP contribution in [-0.2, 0) is 6.42 Å². The summed E-state index contributed by atoms with van der Waals surface area (Å²) >= 11 is 0. The van der Waals surface area contributed by atoms with Crippen LogP contribution in [0.15, 0.2) is 12.4 Å². The summed E-state index contributed by atoms with van der Waals surface area (Å²) in [5.41, 5.74) is 2.46. The lowest BCUT2D eigenvalue weighted by atomic mass is 9.96. The fourth-order valence-corrected chi connectivity index (χ4v) is 2.57. The molecule has 1 aliphatic rings. The second kappa shape index (κ2) is 5.27. The maximum absolute atomic E-state index is 12.3. The van der Waals surface area contributed by atoms with E-state index < -0.39 is 0 Å². The Balaban J connectivity index is 2.04. The van der Waals surface area contributed by atoms with Crippen LogP contribution in [-0.4, -0.2) is 32.3 Å². The molecule has 0 unspecified atom stereocenters. The highest BCUT2D eigenvalue weighted by Gasteiger charge is 2.23. The van der Waals surface area contributed by atoms with Crippen LogP contribution in [0.2, 0.25) is 0 Å². The summed E-state index contributed by atoms with van der Waals surface area (Å²) in [5.74, 6) is -0.0688. The first-order chi connectivity index (χ1) is 10.1. The maximum atomic E-state index is 12.3. The number of carbonyl (C=O) groups is 2. The van der Waals surface area contributed by atoms with Crippen molar-refractivity contribution in [1.82, 2.24) is 19.9 Å². The average Bonchev–Trinajstić information content (AvgIpc) is 2.91. The van der Waals surface area contributed by atoms with Gasteiger partial charge in [0.25, 0.3) is 5.91 Å². The average molecular weight is 286 g/mol. The Morgan fingerprint density at radius 2 is 2.24 bits per heavy atom. The van der Waals surface area contributed by atoms with Gasteiger partial charge in [-0.2, -0.15) is 5.10 Å². The van der Waals surface area contributed by atoms with Gasteiger partial charge < -0.3 is 5.32 Å². The first-order valence-electron chi connectivity index (χ1n) is 7.31. The molecule has 110 valence electrons. The highest BCUT2D eigenvalue weighted by Crippen LogP contribution is 2.22. The summed E-state index contributed by atoms with van der Waals surface area (Å²) in [4.78, 5) is 28.4. The van der Waals surface area contributed by atoms with E-state index >= 15 is 0 Å². The molecule has 1 amide bonds. The van der Waals surface area contributed by atoms with Crippen LogP contribution >= 0.6 is 0 Å². The van der Waals surface area contributed by atoms with Gasteiger partial charge in [-0.3, -0.25) is 9.59 Å². The third kappa shape index (κ3) is 2.30. The topological polar surface area (TPSA) is 76.4 Å². The van der Waals surface area contributed by atoms with Gasteiger partial charge in [0.05, 0.1) is 17.5 Å². The Bertz CT molecular complexity index is 720. The Morgan fingerprint density at radius 1 is 1.43 bits per heavy atom. The summed E-state index contributed by atoms with van der Waals surface area (Å²) in [6, 6.07) is 0.103. The van der Waals surface area contributed by atoms with Gasteiger partial charge >= 0.3 is 0 Å². The molecule has 1 aliphatic carbocycles. The van der Waals surface area contributed by atoms with Crippen LogP contribution in [0.5, 0.6) is 0 Å². The summed E-state index contributed by atoms with van der Waals surface area (Å²) in [6.07, 6.45) is 6.13. The van der Waals surface area contributed by atoms with Crippen LogP contribution in [0.4, 0.5) is 0 Å². The summed E-state index contributed by atoms with van der Waals surface area (Å²) in [5, 5.41) is 7.18. The van der Waals surface area contributed by atoms with Crippen molar-refractivity contribution in [3.63, 3.8) is 0 Å². The molecule has 1 atom stereocenters. The smallest absolute Gasteiger partial charge is 0.256 e. The van der Waals surface area contributed by atoms with Crippen LogP contribution in [0.1, 0.15) is 59.5 Å². The van der Waals surface area contributed by atoms with E-state index in [1.807, 2.05) is 13.8 Å². The van der Waals surface area contributed by atoms with Gasteiger partial charge in [0.15, 0.2) is 11.4 Å². The fraction of sp³-hybridized carbons (Fsp3) is 0.467. The molecule has 0 aliphatic heterocycles. The number of carbonyl (C=O) groups excluding carboxylic acids is 2. The minimum absolute atomic E-state index is 0.103. The molecule has 0 saturated heterocycles. The van der Waals surface area contributed by atoms with E-state index in [2.05, 4.69) is 15.4 Å². The molecule has 0 saturated carbocycles. The van der Waals surface area contributed by atoms with Gasteiger partial charge in [0.2, 0.25) is 0 Å². The summed E-state index contributed by atoms with van der Waals surface area (Å²) in [7, 11) is 0. The van der Waals surface area contributed by atoms with Crippen molar-refractivity contribution in [2.75, 3.05) is 0 Å². The number of hydrogen-bond donors (Lipinski definition) is 1. The zero-order valence-corrected chi connectivity index (χ0v) is 12.2. The van der Waals surface area contributed by atoms with Gasteiger partial charge in [-0.05, 0) is 26.2 Å². The van der Waals surface area contributed by atoms with Gasteiger partial charge in [0, 0.05) is 18.7 Å². The number of ketones is 1. The second-order valence-corrected chi connectivity index (χ2v) is 5.47. The minimum Gasteiger partial charge on any atom is -0.349 e. The van der Waals surface area contributed by atoms with Crippen molar-refractivity contribution >= 4 is 17.3 Å². The fourth-order valence-electron chi connectivity index (χ4n) is 2.57. The molecule has 2 heterocycles. The molecule has 2 aromatic heterocycles. The molecule has 1 N–H and O–H groups in total. The summed E-state index contributed by atoms with van der Waals surface area (Å²) in [6.45, 7) is 3.97. The molecule has 0 radical (unpaired) electrons. The van der Waals surface area contributed by atoms with E-state index in [4.69, 9.17) is 0 Å². The van der Waals surface area contributed by atoms with Gasteiger partial charge in [0.1, 0.15) is 5.56 Å². The molecule has 2 aromatic rings. The molecular formula is C15H18N4O2. The van der Waals surface area contributed by atoms with Gasteiger partial charge in [-0.15, -0.1) is 0 Å². The Labute approximate surface area is 122 Å². The van der Waals surface area contributed by atoms with Crippen molar-refractivity contribution < 1.29 is 9.59 Å². The SMILES string of the molecule is CC[C@H](C)NC(=O)c1cnn2c3c(cnc12)C(=O)CCC3. The van der Waals surface area contributed by atoms with Crippen molar-refractivity contribution in [1.29, 1.82) is 0 Å². The zero-order valence-electron chi connectivity index (χ0n) is 12.2. The van der Waals surface area contributed by atoms with E-state index in [1.54, 1.807) is 10.7 Å². The molecule has 6 nitrogen and oxygen atoms in total. The number of Topliss-reactive ketones (excluding diaryl/α,β-unsaturated/α-hetero) is 1. The van der Waals surface area contributed by atoms with Crippen molar-refractivity contribution in [3.05, 3.63) is 29.2 Å². The number of rotatable bonds is 3. The highest BCUT2D eigenvalue weighted by molar-refractivity contribution is 6.01. The highest BCUT2D eigenvalue weighted by atomic mass is 16.1. The van der Waals surface area contributed by atoms with E-state index in [0.29, 0.717) is 23.2 Å². The van der Waals surface area contributed by atoms with Crippen molar-refractivity contribution in [3.8, 4) is 0 Å². The van der Waals surface area contributed by atoms with Gasteiger partial charge in [-0.1, -0.05) is 6.92 Å². The molecular weight excluding hydrogens is 268 g/mol. The number of hydrogen-bond acceptors (Lipinski definition) is 4. The number of amides is 1. The van der Waals surface area contributed by atoms with E-state index in [1.165, 1.54) is 6.20 Å². The first-order valence-corrected chi connectivity index (χ1v) is 7.31. The van der Waals surface area contributed by atoms with Crippen LogP contribution in [0, 0.1) is 0 Å². The lowest BCUT2D eigenvalue weighted by Crippen LogP contribution is -2.32.